The van der Waals surface area contributed by atoms with E-state index in [1.807, 2.05) is 67.6 Å². The molecule has 0 bridgehead atoms. The molecule has 0 amide bonds. The van der Waals surface area contributed by atoms with Gasteiger partial charge in [0.15, 0.2) is 28.6 Å². The summed E-state index contributed by atoms with van der Waals surface area (Å²) in [5.41, 5.74) is 0.348. The van der Waals surface area contributed by atoms with Gasteiger partial charge in [0.2, 0.25) is 11.5 Å². The first-order valence-corrected chi connectivity index (χ1v) is 10.9. The number of rotatable bonds is 3. The molecule has 1 aliphatic rings. The molecule has 0 saturated heterocycles. The van der Waals surface area contributed by atoms with Crippen molar-refractivity contribution in [3.63, 3.8) is 0 Å². The SMILES string of the molecule is CC1(c2ccccc2)CC(c2ccccc2)(c2ccc(O)c(O)c2O)Oc2c1ccc(O)c2O. The predicted octanol–water partition coefficient (Wildman–Crippen LogP) is 5.25. The van der Waals surface area contributed by atoms with E-state index in [-0.39, 0.29) is 23.5 Å². The van der Waals surface area contributed by atoms with E-state index in [0.29, 0.717) is 11.1 Å². The van der Waals surface area contributed by atoms with Crippen molar-refractivity contribution >= 4 is 0 Å². The number of hydrogen-bond acceptors (Lipinski definition) is 6. The molecule has 5 N–H and O–H groups in total. The van der Waals surface area contributed by atoms with Crippen LogP contribution in [-0.2, 0) is 11.0 Å². The van der Waals surface area contributed by atoms with Gasteiger partial charge in [-0.1, -0.05) is 73.7 Å². The number of ether oxygens (including phenoxy) is 1. The number of phenols is 5. The number of aromatic hydroxyl groups is 5. The van der Waals surface area contributed by atoms with Crippen LogP contribution in [0.2, 0.25) is 0 Å². The Bertz CT molecular complexity index is 1370. The smallest absolute Gasteiger partial charge is 0.200 e. The predicted molar refractivity (Wildman–Crippen MR) is 127 cm³/mol. The van der Waals surface area contributed by atoms with Crippen molar-refractivity contribution in [3.8, 4) is 34.5 Å². The second-order valence-corrected chi connectivity index (χ2v) is 8.81. The minimum atomic E-state index is -1.39. The van der Waals surface area contributed by atoms with Crippen molar-refractivity contribution in [1.29, 1.82) is 0 Å². The number of benzene rings is 4. The van der Waals surface area contributed by atoms with E-state index in [4.69, 9.17) is 4.74 Å². The van der Waals surface area contributed by atoms with Crippen LogP contribution >= 0.6 is 0 Å². The summed E-state index contributed by atoms with van der Waals surface area (Å²) in [6.07, 6.45) is 0.281. The zero-order valence-corrected chi connectivity index (χ0v) is 18.4. The van der Waals surface area contributed by atoms with E-state index >= 15 is 0 Å². The minimum absolute atomic E-state index is 0.0772. The van der Waals surface area contributed by atoms with Crippen molar-refractivity contribution in [2.75, 3.05) is 0 Å². The summed E-state index contributed by atoms with van der Waals surface area (Å²) in [4.78, 5) is 0. The molecule has 5 rings (SSSR count). The lowest BCUT2D eigenvalue weighted by molar-refractivity contribution is 0.0513. The summed E-state index contributed by atoms with van der Waals surface area (Å²) in [5.74, 6) is -2.33. The molecule has 0 fully saturated rings. The van der Waals surface area contributed by atoms with E-state index in [9.17, 15) is 25.5 Å². The first-order chi connectivity index (χ1) is 16.3. The lowest BCUT2D eigenvalue weighted by Gasteiger charge is -2.48. The van der Waals surface area contributed by atoms with E-state index in [1.165, 1.54) is 18.2 Å². The lowest BCUT2D eigenvalue weighted by Crippen LogP contribution is -2.46. The summed E-state index contributed by atoms with van der Waals surface area (Å²) in [6, 6.07) is 24.8. The van der Waals surface area contributed by atoms with Gasteiger partial charge < -0.3 is 30.3 Å². The molecule has 0 saturated carbocycles. The van der Waals surface area contributed by atoms with E-state index in [1.54, 1.807) is 6.07 Å². The standard InChI is InChI=1S/C28H24O6/c1-27(17-8-4-2-5-9-17)16-28(18-10-6-3-7-11-18,19-12-14-21(29)24(32)23(19)31)34-26-20(27)13-15-22(30)25(26)33/h2-15,29-33H,16H2,1H3. The van der Waals surface area contributed by atoms with Gasteiger partial charge in [-0.05, 0) is 23.8 Å². The molecule has 0 spiro atoms. The average molecular weight is 456 g/mol. The van der Waals surface area contributed by atoms with Gasteiger partial charge in [0, 0.05) is 28.5 Å². The van der Waals surface area contributed by atoms with Crippen molar-refractivity contribution in [1.82, 2.24) is 0 Å². The first-order valence-electron chi connectivity index (χ1n) is 10.9. The fourth-order valence-corrected chi connectivity index (χ4v) is 5.03. The molecule has 4 aromatic carbocycles. The number of hydrogen-bond donors (Lipinski definition) is 5. The van der Waals surface area contributed by atoms with Crippen LogP contribution < -0.4 is 4.74 Å². The van der Waals surface area contributed by atoms with Crippen molar-refractivity contribution in [2.45, 2.75) is 24.4 Å². The Morgan fingerprint density at radius 1 is 0.588 bits per heavy atom. The quantitative estimate of drug-likeness (QED) is 0.270. The molecule has 2 atom stereocenters. The van der Waals surface area contributed by atoms with Crippen LogP contribution in [0.15, 0.2) is 84.9 Å². The summed E-state index contributed by atoms with van der Waals surface area (Å²) >= 11 is 0. The molecule has 34 heavy (non-hydrogen) atoms. The normalized spacial score (nSPS) is 21.4. The van der Waals surface area contributed by atoms with Gasteiger partial charge in [-0.3, -0.25) is 0 Å². The Labute approximate surface area is 196 Å². The van der Waals surface area contributed by atoms with Gasteiger partial charge >= 0.3 is 0 Å². The third-order valence-corrected chi connectivity index (χ3v) is 6.80. The highest BCUT2D eigenvalue weighted by molar-refractivity contribution is 5.64. The first kappa shape index (κ1) is 21.5. The van der Waals surface area contributed by atoms with Crippen LogP contribution in [-0.4, -0.2) is 25.5 Å². The molecular weight excluding hydrogens is 432 g/mol. The fourth-order valence-electron chi connectivity index (χ4n) is 5.03. The monoisotopic (exact) mass is 456 g/mol. The van der Waals surface area contributed by atoms with Gasteiger partial charge in [0.05, 0.1) is 0 Å². The van der Waals surface area contributed by atoms with Crippen molar-refractivity contribution < 1.29 is 30.3 Å². The molecule has 1 heterocycles. The Kier molecular flexibility index (Phi) is 4.83. The molecule has 0 aromatic heterocycles. The van der Waals surface area contributed by atoms with E-state index < -0.39 is 34.0 Å². The maximum absolute atomic E-state index is 11.0. The summed E-state index contributed by atoms with van der Waals surface area (Å²) in [5, 5.41) is 52.5. The van der Waals surface area contributed by atoms with Gasteiger partial charge in [-0.15, -0.1) is 0 Å². The Morgan fingerprint density at radius 2 is 1.12 bits per heavy atom. The molecular formula is C28H24O6. The molecule has 6 heteroatoms. The molecule has 0 aliphatic carbocycles. The summed E-state index contributed by atoms with van der Waals surface area (Å²) in [7, 11) is 0. The molecule has 6 nitrogen and oxygen atoms in total. The zero-order valence-electron chi connectivity index (χ0n) is 18.4. The van der Waals surface area contributed by atoms with E-state index in [0.717, 1.165) is 5.56 Å². The lowest BCUT2D eigenvalue weighted by atomic mass is 9.64. The van der Waals surface area contributed by atoms with Gasteiger partial charge in [0.1, 0.15) is 0 Å². The largest absolute Gasteiger partial charge is 0.504 e. The topological polar surface area (TPSA) is 110 Å². The minimum Gasteiger partial charge on any atom is -0.504 e. The second-order valence-electron chi connectivity index (χ2n) is 8.81. The highest BCUT2D eigenvalue weighted by atomic mass is 16.5. The second kappa shape index (κ2) is 7.63. The van der Waals surface area contributed by atoms with Crippen LogP contribution in [0.3, 0.4) is 0 Å². The molecule has 1 aliphatic heterocycles. The number of phenolic OH excluding ortho intramolecular Hbond substituents is 5. The molecule has 172 valence electrons. The van der Waals surface area contributed by atoms with Gasteiger partial charge in [-0.25, -0.2) is 0 Å². The van der Waals surface area contributed by atoms with Crippen LogP contribution in [0, 0.1) is 0 Å². The van der Waals surface area contributed by atoms with Crippen LogP contribution in [0.1, 0.15) is 35.6 Å². The zero-order chi connectivity index (χ0) is 24.1. The van der Waals surface area contributed by atoms with E-state index in [2.05, 4.69) is 0 Å². The van der Waals surface area contributed by atoms with Crippen LogP contribution in [0.4, 0.5) is 0 Å². The fraction of sp³-hybridized carbons (Fsp3) is 0.143. The van der Waals surface area contributed by atoms with Crippen LogP contribution in [0.5, 0.6) is 34.5 Å². The highest BCUT2D eigenvalue weighted by Crippen LogP contribution is 2.60. The van der Waals surface area contributed by atoms with Gasteiger partial charge in [0.25, 0.3) is 0 Å². The summed E-state index contributed by atoms with van der Waals surface area (Å²) in [6.45, 7) is 2.01. The highest BCUT2D eigenvalue weighted by Gasteiger charge is 2.52. The van der Waals surface area contributed by atoms with Crippen molar-refractivity contribution in [3.05, 3.63) is 107 Å². The maximum Gasteiger partial charge on any atom is 0.200 e. The Hall–Kier alpha value is -4.32. The van der Waals surface area contributed by atoms with Crippen LogP contribution in [0.25, 0.3) is 0 Å². The maximum atomic E-state index is 11.0. The van der Waals surface area contributed by atoms with Crippen molar-refractivity contribution in [2.24, 2.45) is 0 Å². The Morgan fingerprint density at radius 3 is 1.74 bits per heavy atom. The summed E-state index contributed by atoms with van der Waals surface area (Å²) < 4.78 is 6.53. The molecule has 4 aromatic rings. The third-order valence-electron chi connectivity index (χ3n) is 6.80. The number of fused-ring (bicyclic) bond motifs is 1. The van der Waals surface area contributed by atoms with Gasteiger partial charge in [-0.2, -0.15) is 0 Å². The third kappa shape index (κ3) is 3.03. The molecule has 2 unspecified atom stereocenters. The molecule has 0 radical (unpaired) electrons. The average Bonchev–Trinajstić information content (AvgIpc) is 2.86. The Balaban J connectivity index is 1.89.